The molecule has 0 aliphatic rings. The van der Waals surface area contributed by atoms with Crippen LogP contribution in [0.2, 0.25) is 0 Å². The zero-order valence-electron chi connectivity index (χ0n) is 15.2. The van der Waals surface area contributed by atoms with E-state index in [2.05, 4.69) is 10.1 Å². The first kappa shape index (κ1) is 16.5. The first-order valence-corrected chi connectivity index (χ1v) is 8.49. The van der Waals surface area contributed by atoms with Gasteiger partial charge in [-0.3, -0.25) is 9.48 Å². The van der Waals surface area contributed by atoms with Crippen LogP contribution in [0.4, 0.5) is 0 Å². The molecular weight excluding hydrogens is 328 g/mol. The van der Waals surface area contributed by atoms with E-state index in [9.17, 15) is 4.79 Å². The highest BCUT2D eigenvalue weighted by molar-refractivity contribution is 5.84. The number of nitrogens with zero attached hydrogens (tertiary/aromatic N) is 3. The van der Waals surface area contributed by atoms with Gasteiger partial charge in [0.2, 0.25) is 0 Å². The Morgan fingerprint density at radius 1 is 1.19 bits per heavy atom. The van der Waals surface area contributed by atoms with Crippen LogP contribution in [-0.4, -0.2) is 14.8 Å². The highest BCUT2D eigenvalue weighted by Crippen LogP contribution is 2.30. The van der Waals surface area contributed by atoms with E-state index in [0.29, 0.717) is 28.0 Å². The summed E-state index contributed by atoms with van der Waals surface area (Å²) in [6.07, 6.45) is 1.84. The maximum absolute atomic E-state index is 13.0. The van der Waals surface area contributed by atoms with Gasteiger partial charge < -0.3 is 10.2 Å². The van der Waals surface area contributed by atoms with E-state index in [4.69, 9.17) is 10.2 Å². The van der Waals surface area contributed by atoms with Crippen molar-refractivity contribution in [2.45, 2.75) is 26.8 Å². The van der Waals surface area contributed by atoms with E-state index < -0.39 is 0 Å². The van der Waals surface area contributed by atoms with Crippen molar-refractivity contribution in [1.82, 2.24) is 14.8 Å². The molecule has 1 atom stereocenters. The highest BCUT2D eigenvalue weighted by Gasteiger charge is 2.18. The Bertz CT molecular complexity index is 1220. The molecule has 4 aromatic rings. The summed E-state index contributed by atoms with van der Waals surface area (Å²) < 4.78 is 7.90. The van der Waals surface area contributed by atoms with Crippen LogP contribution in [0.25, 0.3) is 33.5 Å². The summed E-state index contributed by atoms with van der Waals surface area (Å²) in [6, 6.07) is 7.27. The minimum Gasteiger partial charge on any atom is -0.454 e. The largest absolute Gasteiger partial charge is 0.454 e. The number of hydrogen-bond donors (Lipinski definition) is 1. The van der Waals surface area contributed by atoms with Gasteiger partial charge in [-0.1, -0.05) is 6.07 Å². The van der Waals surface area contributed by atoms with Gasteiger partial charge >= 0.3 is 0 Å². The molecule has 6 nitrogen and oxygen atoms in total. The number of nitrogens with two attached hydrogens (primary N) is 1. The fourth-order valence-electron chi connectivity index (χ4n) is 3.30. The van der Waals surface area contributed by atoms with Crippen LogP contribution in [-0.2, 0) is 7.05 Å². The number of aromatic nitrogens is 3. The van der Waals surface area contributed by atoms with E-state index in [0.717, 1.165) is 22.2 Å². The number of hydrogen-bond acceptors (Lipinski definition) is 5. The number of rotatable bonds is 2. The normalized spacial score (nSPS) is 12.8. The molecule has 0 fully saturated rings. The van der Waals surface area contributed by atoms with Crippen LogP contribution in [0.5, 0.6) is 0 Å². The second-order valence-corrected chi connectivity index (χ2v) is 6.81. The minimum absolute atomic E-state index is 0.0556. The van der Waals surface area contributed by atoms with E-state index in [-0.39, 0.29) is 11.5 Å². The first-order valence-electron chi connectivity index (χ1n) is 8.49. The molecule has 3 aromatic heterocycles. The molecule has 0 saturated heterocycles. The third kappa shape index (κ3) is 2.50. The van der Waals surface area contributed by atoms with Crippen molar-refractivity contribution in [2.24, 2.45) is 12.8 Å². The summed E-state index contributed by atoms with van der Waals surface area (Å²) in [5.41, 5.74) is 11.1. The monoisotopic (exact) mass is 348 g/mol. The standard InChI is InChI=1S/C20H20N4O2/c1-10-7-13(12(3)21)20-14(8-10)18(25)11(2)19(26-20)16-6-5-15-17(22-16)9-24(4)23-15/h5-9,12H,21H2,1-4H3. The van der Waals surface area contributed by atoms with Crippen LogP contribution in [0.3, 0.4) is 0 Å². The Balaban J connectivity index is 2.05. The zero-order chi connectivity index (χ0) is 18.6. The van der Waals surface area contributed by atoms with E-state index in [1.54, 1.807) is 11.6 Å². The maximum Gasteiger partial charge on any atom is 0.196 e. The van der Waals surface area contributed by atoms with Crippen LogP contribution >= 0.6 is 0 Å². The molecule has 1 unspecified atom stereocenters. The van der Waals surface area contributed by atoms with Gasteiger partial charge in [0.15, 0.2) is 11.2 Å². The van der Waals surface area contributed by atoms with Crippen LogP contribution in [0, 0.1) is 13.8 Å². The smallest absolute Gasteiger partial charge is 0.196 e. The van der Waals surface area contributed by atoms with Crippen LogP contribution in [0.1, 0.15) is 29.7 Å². The summed E-state index contributed by atoms with van der Waals surface area (Å²) in [7, 11) is 1.85. The third-order valence-electron chi connectivity index (χ3n) is 4.59. The summed E-state index contributed by atoms with van der Waals surface area (Å²) in [5.74, 6) is 0.471. The Hall–Kier alpha value is -2.99. The Labute approximate surface area is 150 Å². The maximum atomic E-state index is 13.0. The zero-order valence-corrected chi connectivity index (χ0v) is 15.2. The second kappa shape index (κ2) is 5.78. The summed E-state index contributed by atoms with van der Waals surface area (Å²) in [5, 5.41) is 4.89. The van der Waals surface area contributed by atoms with Crippen molar-refractivity contribution in [2.75, 3.05) is 0 Å². The molecule has 0 aliphatic heterocycles. The van der Waals surface area contributed by atoms with Gasteiger partial charge in [0.25, 0.3) is 0 Å². The molecule has 0 spiro atoms. The number of pyridine rings is 1. The lowest BCUT2D eigenvalue weighted by molar-refractivity contribution is 0.601. The van der Waals surface area contributed by atoms with E-state index in [1.165, 1.54) is 0 Å². The number of aryl methyl sites for hydroxylation is 2. The minimum atomic E-state index is -0.245. The van der Waals surface area contributed by atoms with Crippen molar-refractivity contribution in [1.29, 1.82) is 0 Å². The molecule has 3 heterocycles. The number of fused-ring (bicyclic) bond motifs is 2. The first-order chi connectivity index (χ1) is 12.3. The third-order valence-corrected chi connectivity index (χ3v) is 4.59. The van der Waals surface area contributed by atoms with Gasteiger partial charge in [0, 0.05) is 24.2 Å². The van der Waals surface area contributed by atoms with Crippen molar-refractivity contribution < 1.29 is 4.42 Å². The molecule has 0 aliphatic carbocycles. The molecule has 132 valence electrons. The topological polar surface area (TPSA) is 86.9 Å². The molecular formula is C20H20N4O2. The van der Waals surface area contributed by atoms with Gasteiger partial charge in [-0.2, -0.15) is 5.10 Å². The number of benzene rings is 1. The fourth-order valence-corrected chi connectivity index (χ4v) is 3.30. The molecule has 0 saturated carbocycles. The summed E-state index contributed by atoms with van der Waals surface area (Å²) >= 11 is 0. The molecule has 0 amide bonds. The van der Waals surface area contributed by atoms with Gasteiger partial charge in [-0.15, -0.1) is 0 Å². The second-order valence-electron chi connectivity index (χ2n) is 6.81. The highest BCUT2D eigenvalue weighted by atomic mass is 16.3. The van der Waals surface area contributed by atoms with Gasteiger partial charge in [0.1, 0.15) is 22.3 Å². The fraction of sp³-hybridized carbons (Fsp3) is 0.250. The van der Waals surface area contributed by atoms with E-state index in [1.807, 2.05) is 51.4 Å². The van der Waals surface area contributed by atoms with Crippen molar-refractivity contribution >= 4 is 22.0 Å². The molecule has 6 heteroatoms. The van der Waals surface area contributed by atoms with Crippen molar-refractivity contribution in [3.05, 3.63) is 57.4 Å². The SMILES string of the molecule is Cc1cc(C(C)N)c2oc(-c3ccc4nn(C)cc4n3)c(C)c(=O)c2c1. The average molecular weight is 348 g/mol. The van der Waals surface area contributed by atoms with Crippen LogP contribution < -0.4 is 11.2 Å². The Kier molecular flexibility index (Phi) is 3.66. The van der Waals surface area contributed by atoms with Gasteiger partial charge in [-0.05, 0) is 44.5 Å². The lowest BCUT2D eigenvalue weighted by Gasteiger charge is -2.13. The lowest BCUT2D eigenvalue weighted by Crippen LogP contribution is -2.12. The molecule has 2 N–H and O–H groups in total. The predicted octanol–water partition coefficient (Wildman–Crippen LogP) is 3.38. The van der Waals surface area contributed by atoms with Crippen LogP contribution in [0.15, 0.2) is 39.7 Å². The molecule has 4 rings (SSSR count). The molecule has 0 bridgehead atoms. The molecule has 1 aromatic carbocycles. The predicted molar refractivity (Wildman–Crippen MR) is 102 cm³/mol. The molecule has 0 radical (unpaired) electrons. The van der Waals surface area contributed by atoms with Crippen molar-refractivity contribution in [3.63, 3.8) is 0 Å². The summed E-state index contributed by atoms with van der Waals surface area (Å²) in [6.45, 7) is 5.60. The van der Waals surface area contributed by atoms with Gasteiger partial charge in [-0.25, -0.2) is 4.98 Å². The van der Waals surface area contributed by atoms with Crippen molar-refractivity contribution in [3.8, 4) is 11.5 Å². The van der Waals surface area contributed by atoms with E-state index >= 15 is 0 Å². The van der Waals surface area contributed by atoms with Gasteiger partial charge in [0.05, 0.1) is 11.6 Å². The lowest BCUT2D eigenvalue weighted by atomic mass is 10.00. The Morgan fingerprint density at radius 3 is 2.69 bits per heavy atom. The quantitative estimate of drug-likeness (QED) is 0.600. The molecule has 26 heavy (non-hydrogen) atoms. The summed E-state index contributed by atoms with van der Waals surface area (Å²) in [4.78, 5) is 17.6. The average Bonchev–Trinajstić information content (AvgIpc) is 2.96. The Morgan fingerprint density at radius 2 is 1.96 bits per heavy atom.